The molecule has 8 rings (SSSR count). The minimum atomic E-state index is -1.08. The van der Waals surface area contributed by atoms with E-state index in [1.165, 1.54) is 24.3 Å². The number of piperidine rings is 1. The highest BCUT2D eigenvalue weighted by molar-refractivity contribution is 6.24. The summed E-state index contributed by atoms with van der Waals surface area (Å²) in [6.07, 6.45) is 1.71. The lowest BCUT2D eigenvalue weighted by atomic mass is 10.0. The van der Waals surface area contributed by atoms with Crippen LogP contribution in [-0.2, 0) is 25.5 Å². The fourth-order valence-corrected chi connectivity index (χ4v) is 8.32. The number of hydrogen-bond acceptors (Lipinski definition) is 12. The molecule has 18 heteroatoms. The number of hydrogen-bond donors (Lipinski definition) is 6. The summed E-state index contributed by atoms with van der Waals surface area (Å²) in [4.78, 5) is 82.3. The van der Waals surface area contributed by atoms with E-state index >= 15 is 0 Å². The van der Waals surface area contributed by atoms with Gasteiger partial charge in [-0.05, 0) is 97.5 Å². The van der Waals surface area contributed by atoms with Gasteiger partial charge in [0, 0.05) is 86.2 Å². The van der Waals surface area contributed by atoms with Gasteiger partial charge in [0.05, 0.1) is 23.2 Å². The number of amides is 6. The smallest absolute Gasteiger partial charge is 0.262 e. The molecule has 16 nitrogen and oxygen atoms in total. The second kappa shape index (κ2) is 18.0. The van der Waals surface area contributed by atoms with Crippen LogP contribution in [0.5, 0.6) is 0 Å². The number of nitrogens with zero attached hydrogens (tertiary/aromatic N) is 3. The SMILES string of the molecule is N=C(NC(=O)c1ccc(N2CCN(C(=O)CNc3ccc4c(c3)C(=O)N(C3CCC(=O)NC3=O)C4=O)CC2)cc1NC1CCOCC1)c1cc(Cc2cc(F)cc(F)c2)ccc1N. The third kappa shape index (κ3) is 9.35. The summed E-state index contributed by atoms with van der Waals surface area (Å²) < 4.78 is 33.2. The maximum Gasteiger partial charge on any atom is 0.262 e. The van der Waals surface area contributed by atoms with E-state index < -0.39 is 47.2 Å². The Balaban J connectivity index is 0.895. The molecular formula is C45H45F2N9O7. The quantitative estimate of drug-likeness (QED) is 0.0554. The molecule has 3 saturated heterocycles. The van der Waals surface area contributed by atoms with Crippen molar-refractivity contribution in [1.82, 2.24) is 20.4 Å². The highest BCUT2D eigenvalue weighted by Crippen LogP contribution is 2.31. The van der Waals surface area contributed by atoms with Gasteiger partial charge < -0.3 is 36.2 Å². The second-order valence-corrected chi connectivity index (χ2v) is 15.9. The molecule has 326 valence electrons. The van der Waals surface area contributed by atoms with E-state index in [1.807, 2.05) is 12.1 Å². The Labute approximate surface area is 360 Å². The molecule has 0 aromatic heterocycles. The summed E-state index contributed by atoms with van der Waals surface area (Å²) in [5, 5.41) is 20.2. The molecule has 0 radical (unpaired) electrons. The van der Waals surface area contributed by atoms with Gasteiger partial charge in [-0.25, -0.2) is 8.78 Å². The lowest BCUT2D eigenvalue weighted by molar-refractivity contribution is -0.136. The lowest BCUT2D eigenvalue weighted by Gasteiger charge is -2.36. The largest absolute Gasteiger partial charge is 0.398 e. The summed E-state index contributed by atoms with van der Waals surface area (Å²) in [6.45, 7) is 2.90. The zero-order valence-electron chi connectivity index (χ0n) is 34.1. The number of nitrogens with two attached hydrogens (primary N) is 1. The Morgan fingerprint density at radius 1 is 0.810 bits per heavy atom. The summed E-state index contributed by atoms with van der Waals surface area (Å²) in [6, 6.07) is 17.1. The van der Waals surface area contributed by atoms with Gasteiger partial charge in [0.1, 0.15) is 23.5 Å². The van der Waals surface area contributed by atoms with Gasteiger partial charge in [-0.15, -0.1) is 0 Å². The minimum Gasteiger partial charge on any atom is -0.398 e. The van der Waals surface area contributed by atoms with Crippen LogP contribution in [0.1, 0.15) is 73.4 Å². The van der Waals surface area contributed by atoms with Crippen LogP contribution in [0.15, 0.2) is 72.8 Å². The number of benzene rings is 4. The number of carbonyl (C=O) groups is 6. The number of anilines is 4. The van der Waals surface area contributed by atoms with Crippen molar-refractivity contribution in [2.75, 3.05) is 67.2 Å². The number of imide groups is 2. The van der Waals surface area contributed by atoms with Crippen LogP contribution in [0, 0.1) is 17.0 Å². The normalized spacial score (nSPS) is 17.9. The Bertz CT molecular complexity index is 2520. The number of nitrogen functional groups attached to an aromatic ring is 1. The molecule has 4 aliphatic heterocycles. The van der Waals surface area contributed by atoms with E-state index in [4.69, 9.17) is 15.9 Å². The molecule has 4 aromatic carbocycles. The number of piperazine rings is 1. The Hall–Kier alpha value is -7.21. The summed E-state index contributed by atoms with van der Waals surface area (Å²) >= 11 is 0. The zero-order chi connectivity index (χ0) is 44.4. The van der Waals surface area contributed by atoms with Crippen LogP contribution in [0.3, 0.4) is 0 Å². The van der Waals surface area contributed by atoms with Gasteiger partial charge >= 0.3 is 0 Å². The van der Waals surface area contributed by atoms with Crippen molar-refractivity contribution in [3.63, 3.8) is 0 Å². The Morgan fingerprint density at radius 2 is 1.54 bits per heavy atom. The van der Waals surface area contributed by atoms with Gasteiger partial charge in [0.15, 0.2) is 0 Å². The number of amidine groups is 1. The number of rotatable bonds is 11. The Kier molecular flexibility index (Phi) is 12.2. The highest BCUT2D eigenvalue weighted by atomic mass is 19.1. The molecule has 7 N–H and O–H groups in total. The number of ether oxygens (including phenoxy) is 1. The van der Waals surface area contributed by atoms with Crippen LogP contribution in [-0.4, -0.2) is 109 Å². The van der Waals surface area contributed by atoms with Crippen molar-refractivity contribution in [2.24, 2.45) is 0 Å². The van der Waals surface area contributed by atoms with Crippen molar-refractivity contribution in [3.05, 3.63) is 118 Å². The average Bonchev–Trinajstić information content (AvgIpc) is 3.51. The first-order valence-corrected chi connectivity index (χ1v) is 20.7. The standard InChI is InChI=1S/C45H45F2N9O7/c46-27-18-26(19-28(47)21-27)17-25-1-6-36(48)35(20-25)41(49)53-42(59)33-5-3-31(23-37(33)51-29-9-15-63-16-10-29)54-11-13-55(14-12-54)40(58)24-50-30-2-4-32-34(22-30)45(62)56(44(32)61)38-7-8-39(57)52-43(38)60/h1-6,18-23,29,38,50-51H,7-17,24,48H2,(H2,49,53,59)(H,52,57,60). The zero-order valence-corrected chi connectivity index (χ0v) is 34.1. The van der Waals surface area contributed by atoms with E-state index in [9.17, 15) is 37.5 Å². The lowest BCUT2D eigenvalue weighted by Crippen LogP contribution is -2.54. The van der Waals surface area contributed by atoms with Gasteiger partial charge in [0.25, 0.3) is 17.7 Å². The maximum absolute atomic E-state index is 13.8. The average molecular weight is 862 g/mol. The topological polar surface area (TPSA) is 219 Å². The van der Waals surface area contributed by atoms with E-state index in [-0.39, 0.29) is 66.0 Å². The second-order valence-electron chi connectivity index (χ2n) is 15.9. The molecule has 4 aromatic rings. The van der Waals surface area contributed by atoms with Crippen molar-refractivity contribution in [3.8, 4) is 0 Å². The van der Waals surface area contributed by atoms with E-state index in [1.54, 1.807) is 35.2 Å². The van der Waals surface area contributed by atoms with E-state index in [0.29, 0.717) is 67.5 Å². The van der Waals surface area contributed by atoms with Gasteiger partial charge in [-0.2, -0.15) is 0 Å². The first-order valence-electron chi connectivity index (χ1n) is 20.7. The number of nitrogens with one attached hydrogen (secondary N) is 5. The number of fused-ring (bicyclic) bond motifs is 1. The highest BCUT2D eigenvalue weighted by Gasteiger charge is 2.44. The summed E-state index contributed by atoms with van der Waals surface area (Å²) in [5.74, 6) is -4.74. The summed E-state index contributed by atoms with van der Waals surface area (Å²) in [7, 11) is 0. The van der Waals surface area contributed by atoms with Crippen LogP contribution in [0.4, 0.5) is 31.5 Å². The van der Waals surface area contributed by atoms with Gasteiger partial charge in [-0.3, -0.25) is 44.4 Å². The van der Waals surface area contributed by atoms with Crippen molar-refractivity contribution < 1.29 is 42.3 Å². The van der Waals surface area contributed by atoms with Crippen molar-refractivity contribution in [1.29, 1.82) is 5.41 Å². The van der Waals surface area contributed by atoms with Crippen LogP contribution < -0.4 is 31.9 Å². The van der Waals surface area contributed by atoms with E-state index in [0.717, 1.165) is 29.5 Å². The molecule has 4 heterocycles. The fraction of sp³-hybridized carbons (Fsp3) is 0.311. The molecule has 1 atom stereocenters. The first-order chi connectivity index (χ1) is 30.3. The van der Waals surface area contributed by atoms with Crippen molar-refractivity contribution >= 4 is 64.0 Å². The molecule has 1 unspecified atom stereocenters. The molecule has 0 spiro atoms. The third-order valence-electron chi connectivity index (χ3n) is 11.7. The molecule has 3 fully saturated rings. The van der Waals surface area contributed by atoms with Crippen LogP contribution in [0.2, 0.25) is 0 Å². The number of halogens is 2. The van der Waals surface area contributed by atoms with E-state index in [2.05, 4.69) is 26.2 Å². The van der Waals surface area contributed by atoms with Crippen LogP contribution >= 0.6 is 0 Å². The van der Waals surface area contributed by atoms with Crippen LogP contribution in [0.25, 0.3) is 0 Å². The fourth-order valence-electron chi connectivity index (χ4n) is 8.32. The molecule has 0 aliphatic carbocycles. The monoisotopic (exact) mass is 861 g/mol. The van der Waals surface area contributed by atoms with Gasteiger partial charge in [-0.1, -0.05) is 6.07 Å². The molecular weight excluding hydrogens is 817 g/mol. The molecule has 6 amide bonds. The van der Waals surface area contributed by atoms with Crippen molar-refractivity contribution in [2.45, 2.75) is 44.2 Å². The predicted octanol–water partition coefficient (Wildman–Crippen LogP) is 3.65. The Morgan fingerprint density at radius 3 is 2.27 bits per heavy atom. The number of carbonyl (C=O) groups excluding carboxylic acids is 6. The predicted molar refractivity (Wildman–Crippen MR) is 229 cm³/mol. The molecule has 4 aliphatic rings. The maximum atomic E-state index is 13.8. The third-order valence-corrected chi connectivity index (χ3v) is 11.7. The molecule has 0 bridgehead atoms. The summed E-state index contributed by atoms with van der Waals surface area (Å²) in [5.41, 5.74) is 10.2. The molecule has 63 heavy (non-hydrogen) atoms. The van der Waals surface area contributed by atoms with Gasteiger partial charge in [0.2, 0.25) is 17.7 Å². The minimum absolute atomic E-state index is 0.0173. The first kappa shape index (κ1) is 42.5. The molecule has 0 saturated carbocycles.